The topological polar surface area (TPSA) is 73.2 Å². The van der Waals surface area contributed by atoms with Crippen molar-refractivity contribution >= 4 is 15.7 Å². The number of rotatable bonds is 4. The first kappa shape index (κ1) is 18.4. The lowest BCUT2D eigenvalue weighted by molar-refractivity contribution is 0.329. The van der Waals surface area contributed by atoms with Crippen molar-refractivity contribution in [2.24, 2.45) is 0 Å². The third-order valence-corrected chi connectivity index (χ3v) is 6.49. The average Bonchev–Trinajstić information content (AvgIpc) is 2.64. The molecule has 136 valence electrons. The molecular weight excluding hydrogens is 353 g/mol. The van der Waals surface area contributed by atoms with Gasteiger partial charge in [0.2, 0.25) is 10.0 Å². The molecule has 0 atom stereocenters. The fourth-order valence-corrected chi connectivity index (χ4v) is 4.52. The van der Waals surface area contributed by atoms with Gasteiger partial charge >= 0.3 is 0 Å². The molecule has 26 heavy (non-hydrogen) atoms. The zero-order valence-corrected chi connectivity index (χ0v) is 15.3. The van der Waals surface area contributed by atoms with Crippen molar-refractivity contribution in [3.05, 3.63) is 59.4 Å². The van der Waals surface area contributed by atoms with Crippen molar-refractivity contribution < 1.29 is 12.8 Å². The first-order valence-corrected chi connectivity index (χ1v) is 9.87. The van der Waals surface area contributed by atoms with Gasteiger partial charge in [0.15, 0.2) is 0 Å². The zero-order chi connectivity index (χ0) is 18.7. The molecule has 0 amide bonds. The van der Waals surface area contributed by atoms with Gasteiger partial charge in [0.05, 0.1) is 16.1 Å². The molecule has 7 heteroatoms. The third-order valence-electron chi connectivity index (χ3n) is 4.57. The van der Waals surface area contributed by atoms with Crippen molar-refractivity contribution in [1.29, 1.82) is 5.26 Å². The van der Waals surface area contributed by atoms with E-state index in [0.29, 0.717) is 36.5 Å². The predicted octanol–water partition coefficient (Wildman–Crippen LogP) is 3.27. The number of sulfonamides is 1. The van der Waals surface area contributed by atoms with Gasteiger partial charge < -0.3 is 5.32 Å². The van der Waals surface area contributed by atoms with E-state index in [1.807, 2.05) is 13.0 Å². The van der Waals surface area contributed by atoms with E-state index in [1.165, 1.54) is 16.4 Å². The third kappa shape index (κ3) is 3.87. The summed E-state index contributed by atoms with van der Waals surface area (Å²) in [6.07, 6.45) is 1.24. The average molecular weight is 373 g/mol. The van der Waals surface area contributed by atoms with Gasteiger partial charge in [0.25, 0.3) is 0 Å². The van der Waals surface area contributed by atoms with Crippen molar-refractivity contribution in [1.82, 2.24) is 4.31 Å². The summed E-state index contributed by atoms with van der Waals surface area (Å²) in [5.74, 6) is -0.453. The highest BCUT2D eigenvalue weighted by atomic mass is 32.2. The van der Waals surface area contributed by atoms with Crippen molar-refractivity contribution in [2.75, 3.05) is 18.4 Å². The highest BCUT2D eigenvalue weighted by Gasteiger charge is 2.29. The summed E-state index contributed by atoms with van der Waals surface area (Å²) in [6.45, 7) is 2.71. The molecule has 0 bridgehead atoms. The van der Waals surface area contributed by atoms with Crippen LogP contribution < -0.4 is 5.32 Å². The zero-order valence-electron chi connectivity index (χ0n) is 14.4. The Morgan fingerprint density at radius 2 is 1.81 bits per heavy atom. The van der Waals surface area contributed by atoms with Crippen LogP contribution >= 0.6 is 0 Å². The van der Waals surface area contributed by atoms with Gasteiger partial charge in [-0.3, -0.25) is 0 Å². The fourth-order valence-electron chi connectivity index (χ4n) is 3.05. The minimum absolute atomic E-state index is 0.0389. The molecule has 3 rings (SSSR count). The molecule has 5 nitrogen and oxygen atoms in total. The van der Waals surface area contributed by atoms with E-state index < -0.39 is 15.8 Å². The summed E-state index contributed by atoms with van der Waals surface area (Å²) in [5.41, 5.74) is 1.84. The normalized spacial score (nSPS) is 16.2. The van der Waals surface area contributed by atoms with E-state index in [0.717, 1.165) is 5.56 Å². The maximum absolute atomic E-state index is 13.2. The van der Waals surface area contributed by atoms with Crippen LogP contribution in [0, 0.1) is 24.1 Å². The summed E-state index contributed by atoms with van der Waals surface area (Å²) in [6, 6.07) is 12.9. The van der Waals surface area contributed by atoms with Crippen molar-refractivity contribution in [2.45, 2.75) is 30.7 Å². The van der Waals surface area contributed by atoms with Crippen LogP contribution in [0.25, 0.3) is 0 Å². The minimum Gasteiger partial charge on any atom is -0.381 e. The molecule has 1 aliphatic rings. The Labute approximate surface area is 153 Å². The van der Waals surface area contributed by atoms with E-state index in [2.05, 4.69) is 5.32 Å². The first-order chi connectivity index (χ1) is 12.4. The molecule has 2 aromatic carbocycles. The number of benzene rings is 2. The standard InChI is InChI=1S/C19H20FN3O2S/c1-14-2-5-18(6-3-14)26(24,25)23-10-8-17(9-11-23)22-19-7-4-16(20)12-15(19)13-21/h2-7,12,17,22H,8-11H2,1H3. The van der Waals surface area contributed by atoms with E-state index >= 15 is 0 Å². The second-order valence-electron chi connectivity index (χ2n) is 6.44. The van der Waals surface area contributed by atoms with Gasteiger partial charge in [0.1, 0.15) is 11.9 Å². The summed E-state index contributed by atoms with van der Waals surface area (Å²) < 4.78 is 40.2. The lowest BCUT2D eigenvalue weighted by atomic mass is 10.1. The van der Waals surface area contributed by atoms with E-state index in [1.54, 1.807) is 30.3 Å². The lowest BCUT2D eigenvalue weighted by Crippen LogP contribution is -2.42. The molecule has 0 aromatic heterocycles. The molecule has 0 radical (unpaired) electrons. The molecule has 1 saturated heterocycles. The number of halogens is 1. The molecule has 2 aromatic rings. The first-order valence-electron chi connectivity index (χ1n) is 8.43. The van der Waals surface area contributed by atoms with Gasteiger partial charge in [-0.1, -0.05) is 17.7 Å². The SMILES string of the molecule is Cc1ccc(S(=O)(=O)N2CCC(Nc3ccc(F)cc3C#N)CC2)cc1. The number of hydrogen-bond acceptors (Lipinski definition) is 4. The Kier molecular flexibility index (Phi) is 5.25. The number of nitrogens with zero attached hydrogens (tertiary/aromatic N) is 2. The van der Waals surface area contributed by atoms with E-state index in [-0.39, 0.29) is 11.6 Å². The summed E-state index contributed by atoms with van der Waals surface area (Å²) in [4.78, 5) is 0.305. The Balaban J connectivity index is 1.66. The molecule has 1 fully saturated rings. The van der Waals surface area contributed by atoms with Gasteiger partial charge in [-0.2, -0.15) is 9.57 Å². The van der Waals surface area contributed by atoms with Crippen LogP contribution in [0.2, 0.25) is 0 Å². The molecule has 0 saturated carbocycles. The minimum atomic E-state index is -3.49. The van der Waals surface area contributed by atoms with E-state index in [9.17, 15) is 12.8 Å². The van der Waals surface area contributed by atoms with E-state index in [4.69, 9.17) is 5.26 Å². The molecular formula is C19H20FN3O2S. The Bertz CT molecular complexity index is 928. The van der Waals surface area contributed by atoms with Gasteiger partial charge in [0, 0.05) is 19.1 Å². The highest BCUT2D eigenvalue weighted by molar-refractivity contribution is 7.89. The molecule has 0 unspecified atom stereocenters. The quantitative estimate of drug-likeness (QED) is 0.893. The number of nitriles is 1. The summed E-state index contributed by atoms with van der Waals surface area (Å²) in [7, 11) is -3.49. The number of anilines is 1. The van der Waals surface area contributed by atoms with Crippen LogP contribution in [0.5, 0.6) is 0 Å². The molecule has 0 spiro atoms. The van der Waals surface area contributed by atoms with Gasteiger partial charge in [-0.05, 0) is 50.1 Å². The number of piperidine rings is 1. The maximum Gasteiger partial charge on any atom is 0.243 e. The Hall–Kier alpha value is -2.43. The van der Waals surface area contributed by atoms with Crippen molar-refractivity contribution in [3.63, 3.8) is 0 Å². The van der Waals surface area contributed by atoms with Crippen LogP contribution in [-0.2, 0) is 10.0 Å². The van der Waals surface area contributed by atoms with Crippen LogP contribution in [0.1, 0.15) is 24.0 Å². The molecule has 0 aliphatic carbocycles. The lowest BCUT2D eigenvalue weighted by Gasteiger charge is -2.32. The predicted molar refractivity (Wildman–Crippen MR) is 97.7 cm³/mol. The number of nitrogens with one attached hydrogen (secondary N) is 1. The monoisotopic (exact) mass is 373 g/mol. The molecule has 1 N–H and O–H groups in total. The van der Waals surface area contributed by atoms with Gasteiger partial charge in [-0.15, -0.1) is 0 Å². The number of aryl methyl sites for hydroxylation is 1. The van der Waals surface area contributed by atoms with Gasteiger partial charge in [-0.25, -0.2) is 12.8 Å². The van der Waals surface area contributed by atoms with Crippen LogP contribution in [-0.4, -0.2) is 31.9 Å². The Morgan fingerprint density at radius 1 is 1.15 bits per heavy atom. The molecule has 1 heterocycles. The number of hydrogen-bond donors (Lipinski definition) is 1. The fraction of sp³-hybridized carbons (Fsp3) is 0.316. The highest BCUT2D eigenvalue weighted by Crippen LogP contribution is 2.24. The van der Waals surface area contributed by atoms with Crippen LogP contribution in [0.3, 0.4) is 0 Å². The van der Waals surface area contributed by atoms with Crippen molar-refractivity contribution in [3.8, 4) is 6.07 Å². The second kappa shape index (κ2) is 7.44. The second-order valence-corrected chi connectivity index (χ2v) is 8.38. The molecule has 1 aliphatic heterocycles. The summed E-state index contributed by atoms with van der Waals surface area (Å²) >= 11 is 0. The van der Waals surface area contributed by atoms with Crippen LogP contribution in [0.15, 0.2) is 47.4 Å². The van der Waals surface area contributed by atoms with Crippen LogP contribution in [0.4, 0.5) is 10.1 Å². The maximum atomic E-state index is 13.2. The summed E-state index contributed by atoms with van der Waals surface area (Å²) in [5, 5.41) is 12.4. The largest absolute Gasteiger partial charge is 0.381 e. The smallest absolute Gasteiger partial charge is 0.243 e. The Morgan fingerprint density at radius 3 is 2.42 bits per heavy atom.